The molecule has 0 heterocycles. The minimum Gasteiger partial charge on any atom is -0.370 e. The molecular formula is C13H25N3. The van der Waals surface area contributed by atoms with Crippen molar-refractivity contribution in [1.82, 2.24) is 5.32 Å². The molecule has 1 aliphatic carbocycles. The van der Waals surface area contributed by atoms with Crippen LogP contribution in [0.5, 0.6) is 0 Å². The highest BCUT2D eigenvalue weighted by molar-refractivity contribution is 5.77. The Morgan fingerprint density at radius 2 is 2.12 bits per heavy atom. The standard InChI is InChI=1S/C13H25N3/c1-10(2)8-15-13(14)16-9-12-7-5-4-6-11(12)3/h11-12H,1,4-9H2,2-3H3,(H3,14,15,16). The van der Waals surface area contributed by atoms with E-state index in [-0.39, 0.29) is 0 Å². The zero-order valence-electron chi connectivity index (χ0n) is 10.6. The first-order valence-electron chi connectivity index (χ1n) is 6.27. The number of rotatable bonds is 4. The molecule has 0 amide bonds. The highest BCUT2D eigenvalue weighted by Crippen LogP contribution is 2.28. The average molecular weight is 223 g/mol. The second-order valence-corrected chi connectivity index (χ2v) is 5.06. The number of aliphatic imine (C=N–C) groups is 1. The maximum atomic E-state index is 5.78. The number of nitrogens with two attached hydrogens (primary N) is 1. The van der Waals surface area contributed by atoms with Gasteiger partial charge in [0.15, 0.2) is 5.96 Å². The Hall–Kier alpha value is -0.990. The minimum atomic E-state index is 0.556. The van der Waals surface area contributed by atoms with Gasteiger partial charge >= 0.3 is 0 Å². The summed E-state index contributed by atoms with van der Waals surface area (Å²) >= 11 is 0. The van der Waals surface area contributed by atoms with E-state index in [1.165, 1.54) is 25.7 Å². The van der Waals surface area contributed by atoms with Crippen LogP contribution in [0, 0.1) is 11.8 Å². The number of hydrogen-bond acceptors (Lipinski definition) is 1. The molecule has 3 N–H and O–H groups in total. The number of nitrogens with one attached hydrogen (secondary N) is 1. The van der Waals surface area contributed by atoms with Gasteiger partial charge in [-0.15, -0.1) is 0 Å². The van der Waals surface area contributed by atoms with Gasteiger partial charge in [-0.3, -0.25) is 0 Å². The van der Waals surface area contributed by atoms with Gasteiger partial charge in [0.25, 0.3) is 0 Å². The molecule has 0 bridgehead atoms. The summed E-state index contributed by atoms with van der Waals surface area (Å²) in [5.41, 5.74) is 6.82. The Balaban J connectivity index is 2.27. The molecule has 1 rings (SSSR count). The summed E-state index contributed by atoms with van der Waals surface area (Å²) in [7, 11) is 0. The van der Waals surface area contributed by atoms with E-state index in [0.717, 1.165) is 24.0 Å². The predicted molar refractivity (Wildman–Crippen MR) is 70.4 cm³/mol. The van der Waals surface area contributed by atoms with Crippen molar-refractivity contribution in [2.75, 3.05) is 13.1 Å². The molecule has 0 saturated heterocycles. The fourth-order valence-electron chi connectivity index (χ4n) is 2.21. The zero-order valence-corrected chi connectivity index (χ0v) is 10.6. The monoisotopic (exact) mass is 223 g/mol. The van der Waals surface area contributed by atoms with E-state index >= 15 is 0 Å². The van der Waals surface area contributed by atoms with E-state index in [1.54, 1.807) is 0 Å². The molecule has 3 heteroatoms. The molecule has 2 atom stereocenters. The van der Waals surface area contributed by atoms with Gasteiger partial charge in [0.05, 0.1) is 6.54 Å². The van der Waals surface area contributed by atoms with Crippen molar-refractivity contribution in [3.63, 3.8) is 0 Å². The molecule has 0 aromatic rings. The summed E-state index contributed by atoms with van der Waals surface area (Å²) in [6.07, 6.45) is 5.42. The highest BCUT2D eigenvalue weighted by Gasteiger charge is 2.20. The van der Waals surface area contributed by atoms with E-state index in [9.17, 15) is 0 Å². The first kappa shape index (κ1) is 13.1. The van der Waals surface area contributed by atoms with Crippen LogP contribution in [0.3, 0.4) is 0 Å². The lowest BCUT2D eigenvalue weighted by atomic mass is 9.80. The molecule has 0 radical (unpaired) electrons. The van der Waals surface area contributed by atoms with Crippen molar-refractivity contribution in [3.05, 3.63) is 12.2 Å². The zero-order chi connectivity index (χ0) is 12.0. The minimum absolute atomic E-state index is 0.556. The molecule has 0 aromatic carbocycles. The summed E-state index contributed by atoms with van der Waals surface area (Å²) in [5.74, 6) is 2.13. The van der Waals surface area contributed by atoms with Crippen molar-refractivity contribution in [3.8, 4) is 0 Å². The van der Waals surface area contributed by atoms with Gasteiger partial charge in [0.2, 0.25) is 0 Å². The first-order valence-corrected chi connectivity index (χ1v) is 6.27. The third-order valence-electron chi connectivity index (χ3n) is 3.35. The van der Waals surface area contributed by atoms with E-state index < -0.39 is 0 Å². The number of guanidine groups is 1. The van der Waals surface area contributed by atoms with Gasteiger partial charge in [-0.25, -0.2) is 4.99 Å². The Bertz CT molecular complexity index is 258. The topological polar surface area (TPSA) is 50.4 Å². The average Bonchev–Trinajstić information content (AvgIpc) is 2.25. The van der Waals surface area contributed by atoms with Crippen molar-refractivity contribution in [1.29, 1.82) is 0 Å². The normalized spacial score (nSPS) is 26.5. The van der Waals surface area contributed by atoms with Crippen LogP contribution in [0.25, 0.3) is 0 Å². The van der Waals surface area contributed by atoms with Gasteiger partial charge in [-0.1, -0.05) is 38.3 Å². The number of nitrogens with zero attached hydrogens (tertiary/aromatic N) is 1. The van der Waals surface area contributed by atoms with Crippen LogP contribution >= 0.6 is 0 Å². The van der Waals surface area contributed by atoms with Gasteiger partial charge in [0.1, 0.15) is 0 Å². The Morgan fingerprint density at radius 3 is 2.75 bits per heavy atom. The van der Waals surface area contributed by atoms with Crippen molar-refractivity contribution >= 4 is 5.96 Å². The van der Waals surface area contributed by atoms with Crippen LogP contribution in [-0.4, -0.2) is 19.0 Å². The smallest absolute Gasteiger partial charge is 0.188 e. The van der Waals surface area contributed by atoms with Crippen molar-refractivity contribution < 1.29 is 0 Å². The molecule has 92 valence electrons. The largest absolute Gasteiger partial charge is 0.370 e. The molecule has 2 unspecified atom stereocenters. The lowest BCUT2D eigenvalue weighted by molar-refractivity contribution is 0.256. The summed E-state index contributed by atoms with van der Waals surface area (Å²) in [6.45, 7) is 9.69. The summed E-state index contributed by atoms with van der Waals surface area (Å²) in [6, 6.07) is 0. The van der Waals surface area contributed by atoms with Crippen LogP contribution in [0.4, 0.5) is 0 Å². The third-order valence-corrected chi connectivity index (χ3v) is 3.35. The lowest BCUT2D eigenvalue weighted by Gasteiger charge is -2.28. The molecule has 16 heavy (non-hydrogen) atoms. The fraction of sp³-hybridized carbons (Fsp3) is 0.769. The summed E-state index contributed by atoms with van der Waals surface area (Å²) < 4.78 is 0. The van der Waals surface area contributed by atoms with Gasteiger partial charge < -0.3 is 11.1 Å². The van der Waals surface area contributed by atoms with Crippen LogP contribution < -0.4 is 11.1 Å². The van der Waals surface area contributed by atoms with Crippen LogP contribution in [0.2, 0.25) is 0 Å². The van der Waals surface area contributed by atoms with Crippen LogP contribution in [0.15, 0.2) is 17.1 Å². The van der Waals surface area contributed by atoms with Crippen molar-refractivity contribution in [2.45, 2.75) is 39.5 Å². The molecule has 0 aliphatic heterocycles. The Morgan fingerprint density at radius 1 is 1.44 bits per heavy atom. The molecule has 1 saturated carbocycles. The summed E-state index contributed by atoms with van der Waals surface area (Å²) in [4.78, 5) is 4.22. The highest BCUT2D eigenvalue weighted by atomic mass is 15.1. The fourth-order valence-corrected chi connectivity index (χ4v) is 2.21. The number of hydrogen-bond donors (Lipinski definition) is 2. The van der Waals surface area contributed by atoms with E-state index in [0.29, 0.717) is 12.5 Å². The van der Waals surface area contributed by atoms with Gasteiger partial charge in [-0.05, 0) is 25.2 Å². The molecule has 1 fully saturated rings. The quantitative estimate of drug-likeness (QED) is 0.436. The second kappa shape index (κ2) is 6.56. The Kier molecular flexibility index (Phi) is 5.36. The van der Waals surface area contributed by atoms with Crippen molar-refractivity contribution in [2.24, 2.45) is 22.6 Å². The predicted octanol–water partition coefficient (Wildman–Crippen LogP) is 2.29. The van der Waals surface area contributed by atoms with Gasteiger partial charge in [0, 0.05) is 6.54 Å². The molecule has 1 aliphatic rings. The molecule has 3 nitrogen and oxygen atoms in total. The first-order chi connectivity index (χ1) is 7.59. The lowest BCUT2D eigenvalue weighted by Crippen LogP contribution is -2.38. The van der Waals surface area contributed by atoms with E-state index in [4.69, 9.17) is 5.73 Å². The summed E-state index contributed by atoms with van der Waals surface area (Å²) in [5, 5.41) is 3.22. The Labute approximate surface area is 99.2 Å². The van der Waals surface area contributed by atoms with Crippen LogP contribution in [-0.2, 0) is 0 Å². The van der Waals surface area contributed by atoms with Crippen LogP contribution in [0.1, 0.15) is 39.5 Å². The maximum absolute atomic E-state index is 5.78. The SMILES string of the molecule is C=C(C)CN=C(N)NCC1CCCCC1C. The molecule has 0 spiro atoms. The van der Waals surface area contributed by atoms with Gasteiger partial charge in [-0.2, -0.15) is 0 Å². The molecular weight excluding hydrogens is 198 g/mol. The second-order valence-electron chi connectivity index (χ2n) is 5.06. The molecule has 0 aromatic heterocycles. The third kappa shape index (κ3) is 4.69. The maximum Gasteiger partial charge on any atom is 0.188 e. The van der Waals surface area contributed by atoms with E-state index in [2.05, 4.69) is 23.8 Å². The van der Waals surface area contributed by atoms with E-state index in [1.807, 2.05) is 6.92 Å².